The summed E-state index contributed by atoms with van der Waals surface area (Å²) in [5.41, 5.74) is 3.31. The number of benzene rings is 1. The van der Waals surface area contributed by atoms with Gasteiger partial charge < -0.3 is 10.0 Å². The molecule has 0 radical (unpaired) electrons. The third kappa shape index (κ3) is 5.09. The summed E-state index contributed by atoms with van der Waals surface area (Å²) in [4.78, 5) is 27.5. The van der Waals surface area contributed by atoms with E-state index in [0.717, 1.165) is 56.3 Å². The molecule has 194 valence electrons. The predicted octanol–water partition coefficient (Wildman–Crippen LogP) is 6.54. The molecule has 0 aliphatic heterocycles. The number of hydrogen-bond acceptors (Lipinski definition) is 3. The largest absolute Gasteiger partial charge is 0.478 e. The van der Waals surface area contributed by atoms with Crippen molar-refractivity contribution in [2.45, 2.75) is 102 Å². The number of carbonyl (C=O) groups excluding carboxylic acids is 1. The second-order valence-corrected chi connectivity index (χ2v) is 11.4. The number of hydrogen-bond donors (Lipinski definition) is 1. The fourth-order valence-corrected chi connectivity index (χ4v) is 6.89. The van der Waals surface area contributed by atoms with E-state index < -0.39 is 5.97 Å². The summed E-state index contributed by atoms with van der Waals surface area (Å²) >= 11 is 0. The first-order valence-corrected chi connectivity index (χ1v) is 14.2. The van der Waals surface area contributed by atoms with Crippen LogP contribution in [0.5, 0.6) is 0 Å². The van der Waals surface area contributed by atoms with Crippen molar-refractivity contribution in [2.75, 3.05) is 7.05 Å². The zero-order chi connectivity index (χ0) is 25.2. The highest BCUT2D eigenvalue weighted by atomic mass is 16.4. The van der Waals surface area contributed by atoms with Crippen LogP contribution in [0.15, 0.2) is 30.5 Å². The second kappa shape index (κ2) is 10.8. The van der Waals surface area contributed by atoms with Gasteiger partial charge in [0.1, 0.15) is 5.56 Å². The lowest BCUT2D eigenvalue weighted by Gasteiger charge is -2.36. The Balaban J connectivity index is 1.31. The summed E-state index contributed by atoms with van der Waals surface area (Å²) in [5.74, 6) is 0.830. The maximum Gasteiger partial charge on any atom is 0.339 e. The lowest BCUT2D eigenvalue weighted by Crippen LogP contribution is -2.43. The summed E-state index contributed by atoms with van der Waals surface area (Å²) in [6, 6.07) is 8.82. The highest BCUT2D eigenvalue weighted by Crippen LogP contribution is 2.43. The van der Waals surface area contributed by atoms with Crippen molar-refractivity contribution in [3.05, 3.63) is 47.3 Å². The maximum absolute atomic E-state index is 13.6. The minimum atomic E-state index is -0.906. The summed E-state index contributed by atoms with van der Waals surface area (Å²) in [5, 5.41) is 14.1. The molecule has 1 aromatic carbocycles. The van der Waals surface area contributed by atoms with Crippen LogP contribution in [-0.4, -0.2) is 44.8 Å². The van der Waals surface area contributed by atoms with Crippen molar-refractivity contribution in [1.29, 1.82) is 0 Å². The number of aromatic nitrogens is 2. The maximum atomic E-state index is 13.6. The van der Waals surface area contributed by atoms with E-state index in [9.17, 15) is 14.7 Å². The van der Waals surface area contributed by atoms with Crippen LogP contribution in [-0.2, 0) is 4.79 Å². The van der Waals surface area contributed by atoms with Gasteiger partial charge in [0, 0.05) is 24.9 Å². The summed E-state index contributed by atoms with van der Waals surface area (Å²) in [7, 11) is 2.05. The summed E-state index contributed by atoms with van der Waals surface area (Å²) < 4.78 is 1.83. The summed E-state index contributed by atoms with van der Waals surface area (Å²) in [6.45, 7) is 2.25. The minimum Gasteiger partial charge on any atom is -0.478 e. The Morgan fingerprint density at radius 3 is 2.64 bits per heavy atom. The number of amides is 1. The van der Waals surface area contributed by atoms with Crippen LogP contribution in [0.25, 0.3) is 5.69 Å². The molecule has 1 aromatic heterocycles. The highest BCUT2D eigenvalue weighted by molar-refractivity contribution is 5.89. The SMILES string of the molecule is CCCCC1CCCC1N(C)C(=O)C1CCCC(c2cccc(-n3ncc(C(=O)O)c3C3CC3)c2)C1. The van der Waals surface area contributed by atoms with Gasteiger partial charge in [0.2, 0.25) is 5.91 Å². The molecule has 1 amide bonds. The van der Waals surface area contributed by atoms with E-state index in [1.54, 1.807) is 0 Å². The van der Waals surface area contributed by atoms with Gasteiger partial charge in [-0.2, -0.15) is 5.10 Å². The van der Waals surface area contributed by atoms with Gasteiger partial charge in [-0.25, -0.2) is 9.48 Å². The van der Waals surface area contributed by atoms with E-state index in [1.165, 1.54) is 43.9 Å². The molecule has 3 fully saturated rings. The number of carbonyl (C=O) groups is 2. The zero-order valence-electron chi connectivity index (χ0n) is 21.9. The second-order valence-electron chi connectivity index (χ2n) is 11.4. The lowest BCUT2D eigenvalue weighted by atomic mass is 9.77. The molecule has 6 heteroatoms. The van der Waals surface area contributed by atoms with Crippen LogP contribution in [0.2, 0.25) is 0 Å². The topological polar surface area (TPSA) is 75.4 Å². The summed E-state index contributed by atoms with van der Waals surface area (Å²) in [6.07, 6.45) is 15.0. The fourth-order valence-electron chi connectivity index (χ4n) is 6.89. The molecule has 3 saturated carbocycles. The molecule has 0 spiro atoms. The van der Waals surface area contributed by atoms with Crippen molar-refractivity contribution in [2.24, 2.45) is 11.8 Å². The predicted molar refractivity (Wildman–Crippen MR) is 141 cm³/mol. The Morgan fingerprint density at radius 2 is 1.89 bits per heavy atom. The number of nitrogens with zero attached hydrogens (tertiary/aromatic N) is 3. The van der Waals surface area contributed by atoms with Crippen LogP contribution >= 0.6 is 0 Å². The number of carboxylic acids is 1. The smallest absolute Gasteiger partial charge is 0.339 e. The quantitative estimate of drug-likeness (QED) is 0.432. The molecule has 2 aromatic rings. The van der Waals surface area contributed by atoms with Crippen molar-refractivity contribution in [3.63, 3.8) is 0 Å². The highest BCUT2D eigenvalue weighted by Gasteiger charge is 2.37. The normalized spacial score (nSPS) is 26.2. The molecule has 5 rings (SSSR count). The first-order chi connectivity index (χ1) is 17.5. The Labute approximate surface area is 215 Å². The van der Waals surface area contributed by atoms with Gasteiger partial charge in [0.05, 0.1) is 17.6 Å². The number of unbranched alkanes of at least 4 members (excludes halogenated alkanes) is 1. The van der Waals surface area contributed by atoms with Crippen LogP contribution in [0.3, 0.4) is 0 Å². The van der Waals surface area contributed by atoms with Crippen LogP contribution in [0.4, 0.5) is 0 Å². The molecule has 0 saturated heterocycles. The van der Waals surface area contributed by atoms with Crippen molar-refractivity contribution < 1.29 is 14.7 Å². The van der Waals surface area contributed by atoms with E-state index in [2.05, 4.69) is 42.2 Å². The van der Waals surface area contributed by atoms with E-state index in [1.807, 2.05) is 10.7 Å². The Bertz CT molecular complexity index is 1090. The first-order valence-electron chi connectivity index (χ1n) is 14.2. The molecule has 4 unspecified atom stereocenters. The zero-order valence-corrected chi connectivity index (χ0v) is 21.9. The molecule has 1 N–H and O–H groups in total. The van der Waals surface area contributed by atoms with Crippen molar-refractivity contribution in [3.8, 4) is 5.69 Å². The van der Waals surface area contributed by atoms with Gasteiger partial charge in [0.25, 0.3) is 0 Å². The molecule has 3 aliphatic rings. The van der Waals surface area contributed by atoms with E-state index in [0.29, 0.717) is 29.3 Å². The number of carboxylic acid groups (broad SMARTS) is 1. The van der Waals surface area contributed by atoms with Gasteiger partial charge in [-0.15, -0.1) is 0 Å². The lowest BCUT2D eigenvalue weighted by molar-refractivity contribution is -0.138. The number of aromatic carboxylic acids is 1. The van der Waals surface area contributed by atoms with Crippen LogP contribution in [0.1, 0.15) is 117 Å². The molecular weight excluding hydrogens is 450 g/mol. The molecule has 4 atom stereocenters. The Morgan fingerprint density at radius 1 is 1.08 bits per heavy atom. The van der Waals surface area contributed by atoms with E-state index in [4.69, 9.17) is 0 Å². The molecule has 6 nitrogen and oxygen atoms in total. The van der Waals surface area contributed by atoms with E-state index in [-0.39, 0.29) is 11.8 Å². The molecule has 36 heavy (non-hydrogen) atoms. The van der Waals surface area contributed by atoms with E-state index >= 15 is 0 Å². The fraction of sp³-hybridized carbons (Fsp3) is 0.633. The van der Waals surface area contributed by atoms with Gasteiger partial charge in [-0.3, -0.25) is 4.79 Å². The Hall–Kier alpha value is -2.63. The van der Waals surface area contributed by atoms with Gasteiger partial charge in [-0.05, 0) is 80.9 Å². The molecule has 1 heterocycles. The monoisotopic (exact) mass is 491 g/mol. The van der Waals surface area contributed by atoms with Crippen molar-refractivity contribution >= 4 is 11.9 Å². The average Bonchev–Trinajstić information content (AvgIpc) is 3.46. The van der Waals surface area contributed by atoms with Gasteiger partial charge >= 0.3 is 5.97 Å². The number of rotatable bonds is 9. The van der Waals surface area contributed by atoms with Gasteiger partial charge in [0.15, 0.2) is 0 Å². The van der Waals surface area contributed by atoms with Crippen LogP contribution in [0, 0.1) is 11.8 Å². The Kier molecular flexibility index (Phi) is 7.49. The molecular formula is C30H41N3O3. The molecule has 3 aliphatic carbocycles. The third-order valence-electron chi connectivity index (χ3n) is 9.00. The van der Waals surface area contributed by atoms with Crippen molar-refractivity contribution in [1.82, 2.24) is 14.7 Å². The average molecular weight is 492 g/mol. The standard InChI is InChI=1S/C30H41N3O3/c1-3-4-8-20-9-7-14-27(20)32(2)29(34)24-12-5-10-22(17-24)23-11-6-13-25(18-23)33-28(21-15-16-21)26(19-31-33)30(35)36/h6,11,13,18-22,24,27H,3-5,7-10,12,14-17H2,1-2H3,(H,35,36). The minimum absolute atomic E-state index is 0.0928. The molecule has 0 bridgehead atoms. The first kappa shape index (κ1) is 25.0. The third-order valence-corrected chi connectivity index (χ3v) is 9.00. The van der Waals surface area contributed by atoms with Gasteiger partial charge in [-0.1, -0.05) is 44.7 Å². The van der Waals surface area contributed by atoms with Crippen LogP contribution < -0.4 is 0 Å².